The number of fused-ring (bicyclic) bond motifs is 1. The molecule has 0 aliphatic carbocycles. The SMILES string of the molecule is COc1ccc2nc(C(=O)N3CCNCC3c3ccccc3OC)ccc2c1.Cl.Cl. The van der Waals surface area contributed by atoms with Gasteiger partial charge in [0, 0.05) is 30.6 Å². The van der Waals surface area contributed by atoms with E-state index >= 15 is 0 Å². The first-order valence-corrected chi connectivity index (χ1v) is 9.30. The van der Waals surface area contributed by atoms with E-state index in [2.05, 4.69) is 10.3 Å². The second-order valence-electron chi connectivity index (χ2n) is 6.72. The van der Waals surface area contributed by atoms with Gasteiger partial charge in [-0.25, -0.2) is 4.98 Å². The maximum absolute atomic E-state index is 13.3. The van der Waals surface area contributed by atoms with Crippen LogP contribution in [0, 0.1) is 0 Å². The standard InChI is InChI=1S/C22H23N3O3.2ClH/c1-27-16-8-10-18-15(13-16)7-9-19(24-18)22(26)25-12-11-23-14-20(25)17-5-3-4-6-21(17)28-2;;/h3-10,13,20,23H,11-12,14H2,1-2H3;2*1H. The molecule has 8 heteroatoms. The molecular weight excluding hydrogens is 425 g/mol. The Kier molecular flexibility index (Phi) is 8.29. The fourth-order valence-electron chi connectivity index (χ4n) is 3.66. The number of carbonyl (C=O) groups is 1. The van der Waals surface area contributed by atoms with Crippen molar-refractivity contribution in [2.75, 3.05) is 33.9 Å². The van der Waals surface area contributed by atoms with Crippen LogP contribution >= 0.6 is 24.8 Å². The highest BCUT2D eigenvalue weighted by atomic mass is 35.5. The summed E-state index contributed by atoms with van der Waals surface area (Å²) < 4.78 is 10.8. The van der Waals surface area contributed by atoms with Crippen molar-refractivity contribution in [3.8, 4) is 11.5 Å². The number of hydrogen-bond donors (Lipinski definition) is 1. The molecule has 30 heavy (non-hydrogen) atoms. The first kappa shape index (κ1) is 23.7. The van der Waals surface area contributed by atoms with E-state index in [1.54, 1.807) is 20.3 Å². The van der Waals surface area contributed by atoms with Gasteiger partial charge in [-0.05, 0) is 30.3 Å². The summed E-state index contributed by atoms with van der Waals surface area (Å²) in [6.45, 7) is 2.04. The van der Waals surface area contributed by atoms with E-state index in [9.17, 15) is 4.79 Å². The van der Waals surface area contributed by atoms with Gasteiger partial charge in [-0.15, -0.1) is 24.8 Å². The predicted molar refractivity (Wildman–Crippen MR) is 122 cm³/mol. The van der Waals surface area contributed by atoms with Gasteiger partial charge in [-0.1, -0.05) is 24.3 Å². The largest absolute Gasteiger partial charge is 0.497 e. The Morgan fingerprint density at radius 1 is 1.07 bits per heavy atom. The lowest BCUT2D eigenvalue weighted by atomic mass is 10.0. The second kappa shape index (κ2) is 10.5. The first-order chi connectivity index (χ1) is 13.7. The zero-order chi connectivity index (χ0) is 19.5. The number of ether oxygens (including phenoxy) is 2. The lowest BCUT2D eigenvalue weighted by Gasteiger charge is -2.37. The highest BCUT2D eigenvalue weighted by molar-refractivity contribution is 5.95. The van der Waals surface area contributed by atoms with Crippen molar-refractivity contribution in [3.63, 3.8) is 0 Å². The van der Waals surface area contributed by atoms with Gasteiger partial charge in [0.25, 0.3) is 5.91 Å². The number of hydrogen-bond acceptors (Lipinski definition) is 5. The van der Waals surface area contributed by atoms with E-state index in [1.165, 1.54) is 0 Å². The molecule has 1 saturated heterocycles. The molecule has 4 rings (SSSR count). The molecule has 1 aliphatic rings. The quantitative estimate of drug-likeness (QED) is 0.654. The minimum Gasteiger partial charge on any atom is -0.497 e. The molecule has 160 valence electrons. The number of nitrogens with one attached hydrogen (secondary N) is 1. The zero-order valence-corrected chi connectivity index (χ0v) is 18.5. The van der Waals surface area contributed by atoms with Crippen molar-refractivity contribution in [3.05, 3.63) is 65.9 Å². The molecule has 1 aromatic heterocycles. The summed E-state index contributed by atoms with van der Waals surface area (Å²) in [6.07, 6.45) is 0. The molecule has 3 aromatic rings. The number of rotatable bonds is 4. The van der Waals surface area contributed by atoms with Crippen molar-refractivity contribution >= 4 is 41.6 Å². The van der Waals surface area contributed by atoms with Crippen LogP contribution in [-0.2, 0) is 0 Å². The fourth-order valence-corrected chi connectivity index (χ4v) is 3.66. The molecule has 1 atom stereocenters. The number of nitrogens with zero attached hydrogens (tertiary/aromatic N) is 2. The molecule has 1 N–H and O–H groups in total. The average molecular weight is 450 g/mol. The summed E-state index contributed by atoms with van der Waals surface area (Å²) in [5.41, 5.74) is 2.21. The van der Waals surface area contributed by atoms with Gasteiger partial charge in [-0.2, -0.15) is 0 Å². The molecule has 1 amide bonds. The van der Waals surface area contributed by atoms with E-state index in [4.69, 9.17) is 9.47 Å². The smallest absolute Gasteiger partial charge is 0.273 e. The molecular formula is C22H25Cl2N3O3. The number of methoxy groups -OCH3 is 2. The third kappa shape index (κ3) is 4.61. The van der Waals surface area contributed by atoms with E-state index in [0.717, 1.165) is 34.5 Å². The van der Waals surface area contributed by atoms with Crippen LogP contribution in [0.1, 0.15) is 22.1 Å². The van der Waals surface area contributed by atoms with Gasteiger partial charge in [0.05, 0.1) is 25.8 Å². The fraction of sp³-hybridized carbons (Fsp3) is 0.273. The lowest BCUT2D eigenvalue weighted by Crippen LogP contribution is -2.49. The number of benzene rings is 2. The van der Waals surface area contributed by atoms with Crippen LogP contribution in [0.3, 0.4) is 0 Å². The van der Waals surface area contributed by atoms with Gasteiger partial charge in [0.2, 0.25) is 0 Å². The second-order valence-corrected chi connectivity index (χ2v) is 6.72. The Bertz CT molecular complexity index is 1020. The van der Waals surface area contributed by atoms with Crippen LogP contribution in [0.25, 0.3) is 10.9 Å². The number of amides is 1. The van der Waals surface area contributed by atoms with Gasteiger partial charge >= 0.3 is 0 Å². The third-order valence-electron chi connectivity index (χ3n) is 5.12. The van der Waals surface area contributed by atoms with Crippen molar-refractivity contribution < 1.29 is 14.3 Å². The highest BCUT2D eigenvalue weighted by Crippen LogP contribution is 2.31. The van der Waals surface area contributed by atoms with Crippen LogP contribution in [0.4, 0.5) is 0 Å². The maximum atomic E-state index is 13.3. The number of piperazine rings is 1. The van der Waals surface area contributed by atoms with E-state index in [1.807, 2.05) is 53.4 Å². The Hall–Kier alpha value is -2.54. The highest BCUT2D eigenvalue weighted by Gasteiger charge is 2.31. The molecule has 1 aliphatic heterocycles. The van der Waals surface area contributed by atoms with Crippen molar-refractivity contribution in [1.29, 1.82) is 0 Å². The van der Waals surface area contributed by atoms with Gasteiger partial charge in [0.1, 0.15) is 17.2 Å². The Labute approximate surface area is 188 Å². The number of para-hydroxylation sites is 1. The third-order valence-corrected chi connectivity index (χ3v) is 5.12. The van der Waals surface area contributed by atoms with Gasteiger partial charge in [-0.3, -0.25) is 4.79 Å². The Morgan fingerprint density at radius 3 is 2.63 bits per heavy atom. The molecule has 0 radical (unpaired) electrons. The van der Waals surface area contributed by atoms with Crippen LogP contribution in [0.2, 0.25) is 0 Å². The summed E-state index contributed by atoms with van der Waals surface area (Å²) in [5, 5.41) is 4.32. The van der Waals surface area contributed by atoms with Crippen LogP contribution in [0.5, 0.6) is 11.5 Å². The summed E-state index contributed by atoms with van der Waals surface area (Å²) in [6, 6.07) is 17.1. The van der Waals surface area contributed by atoms with E-state index < -0.39 is 0 Å². The normalized spacial score (nSPS) is 15.7. The molecule has 1 unspecified atom stereocenters. The van der Waals surface area contributed by atoms with Crippen molar-refractivity contribution in [1.82, 2.24) is 15.2 Å². The summed E-state index contributed by atoms with van der Waals surface area (Å²) in [7, 11) is 3.29. The summed E-state index contributed by atoms with van der Waals surface area (Å²) in [4.78, 5) is 19.8. The predicted octanol–water partition coefficient (Wildman–Crippen LogP) is 3.88. The number of carbonyl (C=O) groups excluding carboxylic acids is 1. The van der Waals surface area contributed by atoms with Gasteiger partial charge in [0.15, 0.2) is 0 Å². The van der Waals surface area contributed by atoms with Crippen molar-refractivity contribution in [2.45, 2.75) is 6.04 Å². The number of aromatic nitrogens is 1. The summed E-state index contributed by atoms with van der Waals surface area (Å²) in [5.74, 6) is 1.48. The van der Waals surface area contributed by atoms with Crippen LogP contribution in [0.15, 0.2) is 54.6 Å². The van der Waals surface area contributed by atoms with Crippen molar-refractivity contribution in [2.24, 2.45) is 0 Å². The lowest BCUT2D eigenvalue weighted by molar-refractivity contribution is 0.0626. The number of halogens is 2. The topological polar surface area (TPSA) is 63.7 Å². The summed E-state index contributed by atoms with van der Waals surface area (Å²) >= 11 is 0. The molecule has 0 bridgehead atoms. The minimum absolute atomic E-state index is 0. The molecule has 0 saturated carbocycles. The molecule has 6 nitrogen and oxygen atoms in total. The minimum atomic E-state index is -0.106. The molecule has 0 spiro atoms. The van der Waals surface area contributed by atoms with E-state index in [0.29, 0.717) is 18.8 Å². The molecule has 1 fully saturated rings. The average Bonchev–Trinajstić information content (AvgIpc) is 2.77. The number of pyridine rings is 1. The van der Waals surface area contributed by atoms with Crippen LogP contribution < -0.4 is 14.8 Å². The molecule has 2 heterocycles. The Morgan fingerprint density at radius 2 is 1.87 bits per heavy atom. The monoisotopic (exact) mass is 449 g/mol. The first-order valence-electron chi connectivity index (χ1n) is 9.30. The van der Waals surface area contributed by atoms with Gasteiger partial charge < -0.3 is 19.7 Å². The zero-order valence-electron chi connectivity index (χ0n) is 16.8. The maximum Gasteiger partial charge on any atom is 0.273 e. The molecule has 2 aromatic carbocycles. The Balaban J connectivity index is 0.00000160. The van der Waals surface area contributed by atoms with E-state index in [-0.39, 0.29) is 36.8 Å². The van der Waals surface area contributed by atoms with Crippen LogP contribution in [-0.4, -0.2) is 49.6 Å².